The number of nitrogens with one attached hydrogen (secondary N) is 1. The van der Waals surface area contributed by atoms with E-state index >= 15 is 0 Å². The van der Waals surface area contributed by atoms with Gasteiger partial charge in [0.25, 0.3) is 0 Å². The Morgan fingerprint density at radius 2 is 2.36 bits per heavy atom. The predicted octanol–water partition coefficient (Wildman–Crippen LogP) is 1.28. The molecule has 0 radical (unpaired) electrons. The number of nitrogens with zero attached hydrogens (tertiary/aromatic N) is 1. The molecule has 0 unspecified atom stereocenters. The summed E-state index contributed by atoms with van der Waals surface area (Å²) in [4.78, 5) is 4.51. The lowest BCUT2D eigenvalue weighted by Gasteiger charge is -2.02. The Morgan fingerprint density at radius 3 is 2.55 bits per heavy atom. The molecule has 3 heteroatoms. The van der Waals surface area contributed by atoms with Crippen LogP contribution in [0.15, 0.2) is 17.4 Å². The molecular weight excluding hydrogens is 140 g/mol. The van der Waals surface area contributed by atoms with Gasteiger partial charge in [-0.1, -0.05) is 11.2 Å². The van der Waals surface area contributed by atoms with Gasteiger partial charge >= 0.3 is 0 Å². The molecule has 0 spiro atoms. The van der Waals surface area contributed by atoms with Crippen LogP contribution < -0.4 is 5.32 Å². The van der Waals surface area contributed by atoms with Gasteiger partial charge in [-0.3, -0.25) is 0 Å². The molecule has 3 nitrogen and oxygen atoms in total. The van der Waals surface area contributed by atoms with Crippen LogP contribution in [-0.2, 0) is 4.84 Å². The molecule has 1 N–H and O–H groups in total. The zero-order valence-corrected chi connectivity index (χ0v) is 6.62. The van der Waals surface area contributed by atoms with E-state index in [2.05, 4.69) is 21.4 Å². The molecule has 0 aromatic rings. The summed E-state index contributed by atoms with van der Waals surface area (Å²) in [5.74, 6) is 0. The number of rotatable bonds is 0. The summed E-state index contributed by atoms with van der Waals surface area (Å²) < 4.78 is 0. The molecule has 2 aliphatic rings. The second-order valence-electron chi connectivity index (χ2n) is 2.41. The van der Waals surface area contributed by atoms with E-state index in [1.54, 1.807) is 6.21 Å². The first-order valence-electron chi connectivity index (χ1n) is 4.02. The highest BCUT2D eigenvalue weighted by Gasteiger charge is 1.86. The van der Waals surface area contributed by atoms with E-state index in [0.717, 1.165) is 19.6 Å². The number of hydrogen-bond donors (Lipinski definition) is 1. The van der Waals surface area contributed by atoms with Crippen molar-refractivity contribution in [1.29, 1.82) is 0 Å². The van der Waals surface area contributed by atoms with Gasteiger partial charge in [0.2, 0.25) is 0 Å². The summed E-state index contributed by atoms with van der Waals surface area (Å²) in [6, 6.07) is 0. The molecule has 0 fully saturated rings. The maximum absolute atomic E-state index is 4.51. The minimum absolute atomic E-state index is 0.778. The molecule has 0 aromatic heterocycles. The van der Waals surface area contributed by atoms with Gasteiger partial charge in [0.15, 0.2) is 0 Å². The molecule has 11 heavy (non-hydrogen) atoms. The highest BCUT2D eigenvalue weighted by molar-refractivity contribution is 5.57. The van der Waals surface area contributed by atoms with Crippen molar-refractivity contribution in [3.05, 3.63) is 12.3 Å². The number of oxime groups is 1. The molecule has 0 atom stereocenters. The molecule has 0 aliphatic carbocycles. The Bertz CT molecular complexity index is 129. The van der Waals surface area contributed by atoms with Gasteiger partial charge in [0.1, 0.15) is 6.61 Å². The van der Waals surface area contributed by atoms with Crippen LogP contribution in [0.1, 0.15) is 19.3 Å². The lowest BCUT2D eigenvalue weighted by molar-refractivity contribution is 0.174. The second kappa shape index (κ2) is 5.77. The van der Waals surface area contributed by atoms with E-state index in [-0.39, 0.29) is 0 Å². The fraction of sp³-hybridized carbons (Fsp3) is 0.625. The number of hydrogen-bond acceptors (Lipinski definition) is 3. The van der Waals surface area contributed by atoms with Crippen molar-refractivity contribution in [3.8, 4) is 0 Å². The van der Waals surface area contributed by atoms with Crippen LogP contribution in [-0.4, -0.2) is 19.4 Å². The minimum Gasteiger partial charge on any atom is -0.396 e. The SMILES string of the molecule is C1=CNCCC1.C1=NOCC1. The molecule has 2 rings (SSSR count). The van der Waals surface area contributed by atoms with E-state index in [9.17, 15) is 0 Å². The third-order valence-electron chi connectivity index (χ3n) is 1.41. The Balaban J connectivity index is 0.000000112. The van der Waals surface area contributed by atoms with Gasteiger partial charge in [-0.25, -0.2) is 0 Å². The van der Waals surface area contributed by atoms with Crippen molar-refractivity contribution in [2.24, 2.45) is 5.16 Å². The first-order chi connectivity index (χ1) is 5.50. The lowest BCUT2D eigenvalue weighted by atomic mass is 10.2. The highest BCUT2D eigenvalue weighted by Crippen LogP contribution is 1.91. The van der Waals surface area contributed by atoms with Crippen molar-refractivity contribution < 1.29 is 4.84 Å². The van der Waals surface area contributed by atoms with Gasteiger partial charge in [-0.2, -0.15) is 0 Å². The average molecular weight is 154 g/mol. The van der Waals surface area contributed by atoms with Crippen LogP contribution in [0, 0.1) is 0 Å². The topological polar surface area (TPSA) is 33.6 Å². The molecule has 0 aromatic carbocycles. The van der Waals surface area contributed by atoms with Crippen LogP contribution in [0.2, 0.25) is 0 Å². The summed E-state index contributed by atoms with van der Waals surface area (Å²) in [5.41, 5.74) is 0. The summed E-state index contributed by atoms with van der Waals surface area (Å²) >= 11 is 0. The standard InChI is InChI=1S/C5H9N.C3H5NO/c1-2-4-6-5-3-1;1-2-4-5-3-1/h2,4,6H,1,3,5H2;2H,1,3H2. The van der Waals surface area contributed by atoms with Crippen LogP contribution in [0.3, 0.4) is 0 Å². The Hall–Kier alpha value is -0.990. The van der Waals surface area contributed by atoms with Crippen LogP contribution >= 0.6 is 0 Å². The average Bonchev–Trinajstić information content (AvgIpc) is 2.64. The Kier molecular flexibility index (Phi) is 4.25. The fourth-order valence-corrected chi connectivity index (χ4v) is 0.835. The van der Waals surface area contributed by atoms with Gasteiger partial charge < -0.3 is 10.2 Å². The van der Waals surface area contributed by atoms with E-state index in [1.165, 1.54) is 12.8 Å². The van der Waals surface area contributed by atoms with Gasteiger partial charge in [-0.15, -0.1) is 0 Å². The lowest BCUT2D eigenvalue weighted by Crippen LogP contribution is -2.09. The van der Waals surface area contributed by atoms with Crippen LogP contribution in [0.4, 0.5) is 0 Å². The highest BCUT2D eigenvalue weighted by atomic mass is 16.6. The maximum Gasteiger partial charge on any atom is 0.122 e. The zero-order chi connectivity index (χ0) is 7.78. The van der Waals surface area contributed by atoms with E-state index in [1.807, 2.05) is 6.20 Å². The quantitative estimate of drug-likeness (QED) is 0.570. The van der Waals surface area contributed by atoms with Crippen molar-refractivity contribution >= 4 is 6.21 Å². The summed E-state index contributed by atoms with van der Waals surface area (Å²) in [6.07, 6.45) is 9.48. The minimum atomic E-state index is 0.778. The fourth-order valence-electron chi connectivity index (χ4n) is 0.835. The molecule has 2 heterocycles. The zero-order valence-electron chi connectivity index (χ0n) is 6.62. The molecule has 62 valence electrons. The van der Waals surface area contributed by atoms with Crippen LogP contribution in [0.25, 0.3) is 0 Å². The van der Waals surface area contributed by atoms with E-state index in [4.69, 9.17) is 0 Å². The Labute approximate surface area is 67.1 Å². The normalized spacial score (nSPS) is 19.6. The van der Waals surface area contributed by atoms with Gasteiger partial charge in [0.05, 0.1) is 0 Å². The second-order valence-corrected chi connectivity index (χ2v) is 2.41. The summed E-state index contributed by atoms with van der Waals surface area (Å²) in [5, 5.41) is 6.56. The third-order valence-corrected chi connectivity index (χ3v) is 1.41. The van der Waals surface area contributed by atoms with Crippen molar-refractivity contribution in [2.45, 2.75) is 19.3 Å². The maximum atomic E-state index is 4.51. The van der Waals surface area contributed by atoms with Gasteiger partial charge in [-0.05, 0) is 19.0 Å². The molecule has 0 bridgehead atoms. The third kappa shape index (κ3) is 4.42. The van der Waals surface area contributed by atoms with Crippen molar-refractivity contribution in [1.82, 2.24) is 5.32 Å². The largest absolute Gasteiger partial charge is 0.396 e. The molecule has 2 aliphatic heterocycles. The monoisotopic (exact) mass is 154 g/mol. The molecule has 0 amide bonds. The summed E-state index contributed by atoms with van der Waals surface area (Å²) in [6.45, 7) is 1.94. The van der Waals surface area contributed by atoms with Crippen LogP contribution in [0.5, 0.6) is 0 Å². The smallest absolute Gasteiger partial charge is 0.122 e. The first-order valence-corrected chi connectivity index (χ1v) is 4.02. The van der Waals surface area contributed by atoms with E-state index < -0.39 is 0 Å². The van der Waals surface area contributed by atoms with Crippen molar-refractivity contribution in [3.63, 3.8) is 0 Å². The first kappa shape index (κ1) is 8.11. The Morgan fingerprint density at radius 1 is 1.36 bits per heavy atom. The number of allylic oxidation sites excluding steroid dienone is 1. The van der Waals surface area contributed by atoms with E-state index in [0.29, 0.717) is 0 Å². The molecular formula is C8H14N2O. The van der Waals surface area contributed by atoms with Gasteiger partial charge in [0, 0.05) is 19.2 Å². The van der Waals surface area contributed by atoms with Crippen molar-refractivity contribution in [2.75, 3.05) is 13.2 Å². The molecule has 0 saturated carbocycles. The molecule has 0 saturated heterocycles. The predicted molar refractivity (Wildman–Crippen MR) is 45.4 cm³/mol. The summed E-state index contributed by atoms with van der Waals surface area (Å²) in [7, 11) is 0.